The molecule has 0 saturated heterocycles. The van der Waals surface area contributed by atoms with E-state index in [2.05, 4.69) is 18.7 Å². The Morgan fingerprint density at radius 1 is 1.29 bits per heavy atom. The summed E-state index contributed by atoms with van der Waals surface area (Å²) in [4.78, 5) is 0.836. The number of rotatable bonds is 3. The molecule has 0 N–H and O–H groups in total. The van der Waals surface area contributed by atoms with Crippen LogP contribution in [-0.4, -0.2) is 0 Å². The largest absolute Gasteiger partial charge is 0.192 e. The number of nitrogens with zero attached hydrogens (tertiary/aromatic N) is 1. The molecule has 1 nitrogen and oxygen atoms in total. The Kier molecular flexibility index (Phi) is 5.06. The summed E-state index contributed by atoms with van der Waals surface area (Å²) in [6.07, 6.45) is 1.90. The van der Waals surface area contributed by atoms with E-state index in [-0.39, 0.29) is 5.92 Å². The molecule has 0 spiro atoms. The Morgan fingerprint density at radius 3 is 2.35 bits per heavy atom. The van der Waals surface area contributed by atoms with E-state index < -0.39 is 0 Å². The molecule has 0 heterocycles. The molecule has 0 fully saturated rings. The Hall–Kier alpha value is -1.46. The SMILES string of the molecule is C/C(=C\C(C#N)=C(\S)C(C)C)c1ccccc1. The van der Waals surface area contributed by atoms with Gasteiger partial charge in [-0.05, 0) is 30.1 Å². The zero-order chi connectivity index (χ0) is 12.8. The second-order valence-electron chi connectivity index (χ2n) is 4.26. The monoisotopic (exact) mass is 243 g/mol. The second kappa shape index (κ2) is 6.32. The van der Waals surface area contributed by atoms with Gasteiger partial charge in [-0.15, -0.1) is 12.6 Å². The zero-order valence-electron chi connectivity index (χ0n) is 10.4. The van der Waals surface area contributed by atoms with Crippen molar-refractivity contribution >= 4 is 18.2 Å². The van der Waals surface area contributed by atoms with Gasteiger partial charge in [-0.3, -0.25) is 0 Å². The summed E-state index contributed by atoms with van der Waals surface area (Å²) in [6, 6.07) is 12.3. The average Bonchev–Trinajstić information content (AvgIpc) is 2.35. The molecule has 0 atom stereocenters. The Balaban J connectivity index is 3.12. The molecular formula is C15H17NS. The summed E-state index contributed by atoms with van der Waals surface area (Å²) in [5.41, 5.74) is 2.85. The fraction of sp³-hybridized carbons (Fsp3) is 0.267. The molecule has 1 aromatic carbocycles. The topological polar surface area (TPSA) is 23.8 Å². The first kappa shape index (κ1) is 13.6. The summed E-state index contributed by atoms with van der Waals surface area (Å²) in [5, 5.41) is 9.14. The van der Waals surface area contributed by atoms with E-state index in [9.17, 15) is 0 Å². The fourth-order valence-corrected chi connectivity index (χ4v) is 1.59. The van der Waals surface area contributed by atoms with Gasteiger partial charge in [-0.1, -0.05) is 44.2 Å². The standard InChI is InChI=1S/C15H17NS/c1-11(2)15(17)14(10-16)9-12(3)13-7-5-4-6-8-13/h4-9,11,17H,1-3H3/b12-9+,15-14-. The Labute approximate surface area is 109 Å². The highest BCUT2D eigenvalue weighted by Crippen LogP contribution is 2.22. The van der Waals surface area contributed by atoms with Crippen LogP contribution in [0.3, 0.4) is 0 Å². The molecule has 0 aliphatic heterocycles. The summed E-state index contributed by atoms with van der Waals surface area (Å²) in [5.74, 6) is 0.271. The highest BCUT2D eigenvalue weighted by Gasteiger charge is 2.05. The summed E-state index contributed by atoms with van der Waals surface area (Å²) in [6.45, 7) is 6.07. The summed E-state index contributed by atoms with van der Waals surface area (Å²) < 4.78 is 0. The quantitative estimate of drug-likeness (QED) is 0.473. The lowest BCUT2D eigenvalue weighted by atomic mass is 10.0. The molecule has 0 saturated carbocycles. The molecule has 0 radical (unpaired) electrons. The van der Waals surface area contributed by atoms with Gasteiger partial charge in [0.15, 0.2) is 0 Å². The molecule has 17 heavy (non-hydrogen) atoms. The van der Waals surface area contributed by atoms with Crippen LogP contribution >= 0.6 is 12.6 Å². The molecular weight excluding hydrogens is 226 g/mol. The van der Waals surface area contributed by atoms with Gasteiger partial charge in [0.05, 0.1) is 11.6 Å². The minimum Gasteiger partial charge on any atom is -0.192 e. The lowest BCUT2D eigenvalue weighted by Crippen LogP contribution is -1.91. The Morgan fingerprint density at radius 2 is 1.88 bits per heavy atom. The number of nitriles is 1. The van der Waals surface area contributed by atoms with Crippen molar-refractivity contribution in [2.24, 2.45) is 5.92 Å². The molecule has 0 aromatic heterocycles. The normalized spacial score (nSPS) is 13.3. The van der Waals surface area contributed by atoms with Gasteiger partial charge in [0, 0.05) is 4.91 Å². The van der Waals surface area contributed by atoms with E-state index >= 15 is 0 Å². The van der Waals surface area contributed by atoms with Crippen LogP contribution in [0.15, 0.2) is 46.9 Å². The van der Waals surface area contributed by atoms with Crippen LogP contribution in [0.2, 0.25) is 0 Å². The molecule has 0 bridgehead atoms. The summed E-state index contributed by atoms with van der Waals surface area (Å²) >= 11 is 4.40. The molecule has 88 valence electrons. The van der Waals surface area contributed by atoms with Crippen molar-refractivity contribution in [2.45, 2.75) is 20.8 Å². The molecule has 0 amide bonds. The van der Waals surface area contributed by atoms with Crippen LogP contribution in [0.5, 0.6) is 0 Å². The first-order valence-corrected chi connectivity index (χ1v) is 6.08. The molecule has 1 rings (SSSR count). The Bertz CT molecular complexity index is 475. The van der Waals surface area contributed by atoms with Crippen LogP contribution in [0.4, 0.5) is 0 Å². The fourth-order valence-electron chi connectivity index (χ4n) is 1.48. The number of hydrogen-bond donors (Lipinski definition) is 1. The summed E-state index contributed by atoms with van der Waals surface area (Å²) in [7, 11) is 0. The van der Waals surface area contributed by atoms with Crippen molar-refractivity contribution in [3.63, 3.8) is 0 Å². The zero-order valence-corrected chi connectivity index (χ0v) is 11.3. The van der Waals surface area contributed by atoms with Crippen molar-refractivity contribution in [2.75, 3.05) is 0 Å². The molecule has 0 aliphatic rings. The van der Waals surface area contributed by atoms with Crippen LogP contribution in [0.25, 0.3) is 5.57 Å². The van der Waals surface area contributed by atoms with Gasteiger partial charge < -0.3 is 0 Å². The van der Waals surface area contributed by atoms with Crippen LogP contribution in [0, 0.1) is 17.2 Å². The lowest BCUT2D eigenvalue weighted by Gasteiger charge is -2.06. The van der Waals surface area contributed by atoms with E-state index in [0.29, 0.717) is 5.57 Å². The van der Waals surface area contributed by atoms with Gasteiger partial charge in [0.2, 0.25) is 0 Å². The van der Waals surface area contributed by atoms with E-state index in [4.69, 9.17) is 5.26 Å². The van der Waals surface area contributed by atoms with Gasteiger partial charge in [-0.25, -0.2) is 0 Å². The van der Waals surface area contributed by atoms with Gasteiger partial charge in [-0.2, -0.15) is 5.26 Å². The lowest BCUT2D eigenvalue weighted by molar-refractivity contribution is 0.814. The number of hydrogen-bond acceptors (Lipinski definition) is 2. The molecule has 2 heteroatoms. The number of thiol groups is 1. The predicted octanol–water partition coefficient (Wildman–Crippen LogP) is 4.45. The van der Waals surface area contributed by atoms with E-state index in [1.807, 2.05) is 57.2 Å². The second-order valence-corrected chi connectivity index (χ2v) is 4.74. The first-order valence-electron chi connectivity index (χ1n) is 5.63. The molecule has 1 aromatic rings. The minimum absolute atomic E-state index is 0.271. The van der Waals surface area contributed by atoms with Crippen molar-refractivity contribution in [3.8, 4) is 6.07 Å². The van der Waals surface area contributed by atoms with Crippen molar-refractivity contribution < 1.29 is 0 Å². The van der Waals surface area contributed by atoms with Gasteiger partial charge in [0.25, 0.3) is 0 Å². The van der Waals surface area contributed by atoms with E-state index in [1.165, 1.54) is 0 Å². The number of allylic oxidation sites excluding steroid dienone is 4. The van der Waals surface area contributed by atoms with Crippen LogP contribution in [0.1, 0.15) is 26.3 Å². The highest BCUT2D eigenvalue weighted by molar-refractivity contribution is 7.84. The maximum atomic E-state index is 9.14. The van der Waals surface area contributed by atoms with Crippen LogP contribution in [-0.2, 0) is 0 Å². The van der Waals surface area contributed by atoms with Crippen molar-refractivity contribution in [3.05, 3.63) is 52.4 Å². The maximum Gasteiger partial charge on any atom is 0.1000 e. The highest BCUT2D eigenvalue weighted by atomic mass is 32.1. The molecule has 0 unspecified atom stereocenters. The van der Waals surface area contributed by atoms with E-state index in [1.54, 1.807) is 0 Å². The van der Waals surface area contributed by atoms with Gasteiger partial charge >= 0.3 is 0 Å². The minimum atomic E-state index is 0.271. The average molecular weight is 243 g/mol. The van der Waals surface area contributed by atoms with Crippen molar-refractivity contribution in [1.29, 1.82) is 5.26 Å². The molecule has 0 aliphatic carbocycles. The third-order valence-electron chi connectivity index (χ3n) is 2.53. The first-order chi connectivity index (χ1) is 8.06. The van der Waals surface area contributed by atoms with Crippen molar-refractivity contribution in [1.82, 2.24) is 0 Å². The predicted molar refractivity (Wildman–Crippen MR) is 76.6 cm³/mol. The van der Waals surface area contributed by atoms with Gasteiger partial charge in [0.1, 0.15) is 0 Å². The van der Waals surface area contributed by atoms with E-state index in [0.717, 1.165) is 16.0 Å². The third-order valence-corrected chi connectivity index (χ3v) is 3.29. The van der Waals surface area contributed by atoms with Crippen LogP contribution < -0.4 is 0 Å². The maximum absolute atomic E-state index is 9.14. The number of benzene rings is 1. The smallest absolute Gasteiger partial charge is 0.1000 e. The third kappa shape index (κ3) is 3.80.